The maximum Gasteiger partial charge on any atom is 0.326 e. The van der Waals surface area contributed by atoms with Gasteiger partial charge in [-0.3, -0.25) is 4.79 Å². The van der Waals surface area contributed by atoms with Gasteiger partial charge in [0, 0.05) is 0 Å². The monoisotopic (exact) mass is 338 g/mol. The number of carbonyl (C=O) groups excluding carboxylic acids is 1. The molecule has 2 aromatic carbocycles. The largest absolute Gasteiger partial charge is 0.485 e. The molecule has 25 heavy (non-hydrogen) atoms. The Morgan fingerprint density at radius 2 is 1.84 bits per heavy atom. The summed E-state index contributed by atoms with van der Waals surface area (Å²) in [6.07, 6.45) is -0.144. The fourth-order valence-electron chi connectivity index (χ4n) is 2.70. The van der Waals surface area contributed by atoms with Gasteiger partial charge in [0.25, 0.3) is 0 Å². The Morgan fingerprint density at radius 3 is 2.60 bits per heavy atom. The summed E-state index contributed by atoms with van der Waals surface area (Å²) in [6, 6.07) is 15.6. The average Bonchev–Trinajstić information content (AvgIpc) is 2.91. The van der Waals surface area contributed by atoms with Crippen molar-refractivity contribution in [2.24, 2.45) is 0 Å². The Hall–Kier alpha value is -2.82. The number of hydrogen-bond donors (Lipinski definition) is 0. The predicted octanol–water partition coefficient (Wildman–Crippen LogP) is 3.88. The summed E-state index contributed by atoms with van der Waals surface area (Å²) in [7, 11) is 0. The minimum atomic E-state index is -0.282. The van der Waals surface area contributed by atoms with Crippen LogP contribution in [-0.4, -0.2) is 21.6 Å². The minimum Gasteiger partial charge on any atom is -0.485 e. The Labute approximate surface area is 147 Å². The number of aryl methyl sites for hydroxylation is 1. The van der Waals surface area contributed by atoms with Crippen LogP contribution in [0, 0.1) is 6.92 Å². The third-order valence-corrected chi connectivity index (χ3v) is 3.84. The highest BCUT2D eigenvalue weighted by Gasteiger charge is 2.16. The van der Waals surface area contributed by atoms with Gasteiger partial charge in [0.05, 0.1) is 17.1 Å². The third kappa shape index (κ3) is 3.99. The Bertz CT molecular complexity index is 884. The van der Waals surface area contributed by atoms with Gasteiger partial charge in [-0.15, -0.1) is 0 Å². The normalized spacial score (nSPS) is 11.0. The molecule has 5 nitrogen and oxygen atoms in total. The first-order chi connectivity index (χ1) is 12.0. The number of fused-ring (bicyclic) bond motifs is 1. The molecule has 0 aliphatic carbocycles. The van der Waals surface area contributed by atoms with E-state index < -0.39 is 0 Å². The molecule has 1 heterocycles. The molecule has 0 radical (unpaired) electrons. The van der Waals surface area contributed by atoms with Gasteiger partial charge < -0.3 is 14.0 Å². The lowest BCUT2D eigenvalue weighted by molar-refractivity contribution is -0.148. The first-order valence-corrected chi connectivity index (χ1v) is 8.36. The van der Waals surface area contributed by atoms with E-state index in [2.05, 4.69) is 4.98 Å². The molecule has 0 bridgehead atoms. The third-order valence-electron chi connectivity index (χ3n) is 3.84. The molecule has 0 saturated heterocycles. The Balaban J connectivity index is 1.87. The maximum atomic E-state index is 12.1. The zero-order valence-electron chi connectivity index (χ0n) is 14.7. The quantitative estimate of drug-likeness (QED) is 0.640. The SMILES string of the molecule is Cc1ccccc1OCc1nc2ccccc2n1CC(=O)OC(C)C. The van der Waals surface area contributed by atoms with Crippen LogP contribution in [0.2, 0.25) is 0 Å². The van der Waals surface area contributed by atoms with Gasteiger partial charge >= 0.3 is 5.97 Å². The van der Waals surface area contributed by atoms with Gasteiger partial charge in [-0.05, 0) is 44.5 Å². The van der Waals surface area contributed by atoms with Crippen molar-refractivity contribution < 1.29 is 14.3 Å². The van der Waals surface area contributed by atoms with E-state index in [1.807, 2.05) is 73.9 Å². The fourth-order valence-corrected chi connectivity index (χ4v) is 2.70. The molecular formula is C20H22N2O3. The number of esters is 1. The Kier molecular flexibility index (Phi) is 5.03. The molecule has 0 aliphatic rings. The van der Waals surface area contributed by atoms with E-state index >= 15 is 0 Å². The number of imidazole rings is 1. The van der Waals surface area contributed by atoms with Gasteiger partial charge in [0.1, 0.15) is 24.7 Å². The molecule has 130 valence electrons. The summed E-state index contributed by atoms with van der Waals surface area (Å²) in [6.45, 7) is 6.08. The van der Waals surface area contributed by atoms with Gasteiger partial charge in [-0.1, -0.05) is 30.3 Å². The lowest BCUT2D eigenvalue weighted by Crippen LogP contribution is -2.19. The number of nitrogens with zero attached hydrogens (tertiary/aromatic N) is 2. The molecule has 0 unspecified atom stereocenters. The van der Waals surface area contributed by atoms with Crippen LogP contribution < -0.4 is 4.74 Å². The molecular weight excluding hydrogens is 316 g/mol. The van der Waals surface area contributed by atoms with E-state index in [4.69, 9.17) is 9.47 Å². The molecule has 1 aromatic heterocycles. The molecule has 5 heteroatoms. The molecule has 0 aliphatic heterocycles. The van der Waals surface area contributed by atoms with Crippen LogP contribution in [0.5, 0.6) is 5.75 Å². The van der Waals surface area contributed by atoms with Crippen LogP contribution >= 0.6 is 0 Å². The lowest BCUT2D eigenvalue weighted by Gasteiger charge is -2.12. The molecule has 0 saturated carbocycles. The van der Waals surface area contributed by atoms with Crippen LogP contribution in [0.3, 0.4) is 0 Å². The number of aromatic nitrogens is 2. The first-order valence-electron chi connectivity index (χ1n) is 8.36. The number of rotatable bonds is 6. The molecule has 0 spiro atoms. The van der Waals surface area contributed by atoms with E-state index in [0.717, 1.165) is 22.3 Å². The predicted molar refractivity (Wildman–Crippen MR) is 96.5 cm³/mol. The van der Waals surface area contributed by atoms with Crippen molar-refractivity contribution in [1.29, 1.82) is 0 Å². The number of carbonyl (C=O) groups is 1. The van der Waals surface area contributed by atoms with Crippen LogP contribution in [0.15, 0.2) is 48.5 Å². The molecule has 0 N–H and O–H groups in total. The van der Waals surface area contributed by atoms with Crippen molar-refractivity contribution in [2.45, 2.75) is 40.0 Å². The smallest absolute Gasteiger partial charge is 0.326 e. The summed E-state index contributed by atoms with van der Waals surface area (Å²) < 4.78 is 13.1. The number of para-hydroxylation sites is 3. The summed E-state index contributed by atoms with van der Waals surface area (Å²) >= 11 is 0. The molecule has 3 rings (SSSR count). The van der Waals surface area contributed by atoms with E-state index in [0.29, 0.717) is 5.82 Å². The molecule has 0 fully saturated rings. The molecule has 3 aromatic rings. The topological polar surface area (TPSA) is 53.4 Å². The van der Waals surface area contributed by atoms with E-state index in [9.17, 15) is 4.79 Å². The molecule has 0 atom stereocenters. The van der Waals surface area contributed by atoms with Crippen molar-refractivity contribution >= 4 is 17.0 Å². The summed E-state index contributed by atoms with van der Waals surface area (Å²) in [5.41, 5.74) is 2.79. The van der Waals surface area contributed by atoms with E-state index in [1.54, 1.807) is 0 Å². The van der Waals surface area contributed by atoms with Crippen molar-refractivity contribution in [3.8, 4) is 5.75 Å². The lowest BCUT2D eigenvalue weighted by atomic mass is 10.2. The summed E-state index contributed by atoms with van der Waals surface area (Å²) in [4.78, 5) is 16.8. The highest BCUT2D eigenvalue weighted by Crippen LogP contribution is 2.20. The van der Waals surface area contributed by atoms with Crippen LogP contribution in [0.25, 0.3) is 11.0 Å². The zero-order chi connectivity index (χ0) is 17.8. The first kappa shape index (κ1) is 17.0. The van der Waals surface area contributed by atoms with E-state index in [-0.39, 0.29) is 25.2 Å². The van der Waals surface area contributed by atoms with Crippen LogP contribution in [-0.2, 0) is 22.7 Å². The highest BCUT2D eigenvalue weighted by atomic mass is 16.5. The van der Waals surface area contributed by atoms with Crippen LogP contribution in [0.4, 0.5) is 0 Å². The number of benzene rings is 2. The van der Waals surface area contributed by atoms with E-state index in [1.165, 1.54) is 0 Å². The van der Waals surface area contributed by atoms with Gasteiger partial charge in [0.2, 0.25) is 0 Å². The van der Waals surface area contributed by atoms with Crippen LogP contribution in [0.1, 0.15) is 25.2 Å². The van der Waals surface area contributed by atoms with Crippen molar-refractivity contribution in [1.82, 2.24) is 9.55 Å². The summed E-state index contributed by atoms with van der Waals surface area (Å²) in [5, 5.41) is 0. The van der Waals surface area contributed by atoms with Crippen molar-refractivity contribution in [2.75, 3.05) is 0 Å². The number of hydrogen-bond acceptors (Lipinski definition) is 4. The van der Waals surface area contributed by atoms with Gasteiger partial charge in [-0.2, -0.15) is 0 Å². The fraction of sp³-hybridized carbons (Fsp3) is 0.300. The minimum absolute atomic E-state index is 0.116. The maximum absolute atomic E-state index is 12.1. The van der Waals surface area contributed by atoms with Crippen molar-refractivity contribution in [3.63, 3.8) is 0 Å². The van der Waals surface area contributed by atoms with Crippen molar-refractivity contribution in [3.05, 3.63) is 59.9 Å². The second-order valence-corrected chi connectivity index (χ2v) is 6.20. The zero-order valence-corrected chi connectivity index (χ0v) is 14.7. The second-order valence-electron chi connectivity index (χ2n) is 6.20. The molecule has 0 amide bonds. The Morgan fingerprint density at radius 1 is 1.12 bits per heavy atom. The average molecular weight is 338 g/mol. The van der Waals surface area contributed by atoms with Gasteiger partial charge in [0.15, 0.2) is 0 Å². The second kappa shape index (κ2) is 7.38. The van der Waals surface area contributed by atoms with Gasteiger partial charge in [-0.25, -0.2) is 4.98 Å². The number of ether oxygens (including phenoxy) is 2. The highest BCUT2D eigenvalue weighted by molar-refractivity contribution is 5.79. The standard InChI is InChI=1S/C20H22N2O3/c1-14(2)25-20(23)12-22-17-10-6-5-9-16(17)21-19(22)13-24-18-11-7-4-8-15(18)3/h4-11,14H,12-13H2,1-3H3. The summed E-state index contributed by atoms with van der Waals surface area (Å²) in [5.74, 6) is 1.23.